The molecule has 0 radical (unpaired) electrons. The first kappa shape index (κ1) is 24.8. The van der Waals surface area contributed by atoms with E-state index in [1.165, 1.54) is 0 Å². The van der Waals surface area contributed by atoms with Crippen molar-refractivity contribution < 1.29 is 4.79 Å². The molecule has 35 heavy (non-hydrogen) atoms. The number of halogens is 2. The highest BCUT2D eigenvalue weighted by Gasteiger charge is 2.27. The second-order valence-electron chi connectivity index (χ2n) is 8.22. The first-order valence-electron chi connectivity index (χ1n) is 11.5. The maximum atomic E-state index is 13.6. The number of urea groups is 1. The third-order valence-electron chi connectivity index (χ3n) is 5.86. The fourth-order valence-corrected chi connectivity index (χ4v) is 4.33. The number of nitrogens with one attached hydrogen (secondary N) is 1. The zero-order valence-electron chi connectivity index (χ0n) is 19.5. The molecule has 180 valence electrons. The number of carbonyl (C=O) groups excluding carboxylic acids is 1. The molecule has 0 bridgehead atoms. The summed E-state index contributed by atoms with van der Waals surface area (Å²) in [5.74, 6) is 0.475. The van der Waals surface area contributed by atoms with Crippen LogP contribution in [0.15, 0.2) is 77.6 Å². The lowest BCUT2D eigenvalue weighted by atomic mass is 10.1. The lowest BCUT2D eigenvalue weighted by Gasteiger charge is -2.31. The van der Waals surface area contributed by atoms with E-state index < -0.39 is 6.04 Å². The van der Waals surface area contributed by atoms with Crippen LogP contribution in [-0.2, 0) is 0 Å². The van der Waals surface area contributed by atoms with Crippen molar-refractivity contribution >= 4 is 45.8 Å². The molecule has 0 aliphatic carbocycles. The summed E-state index contributed by atoms with van der Waals surface area (Å²) in [4.78, 5) is 33.6. The Bertz CT molecular complexity index is 1410. The summed E-state index contributed by atoms with van der Waals surface area (Å²) < 4.78 is 1.59. The molecular weight excluding hydrogens is 483 g/mol. The fourth-order valence-electron chi connectivity index (χ4n) is 3.98. The number of anilines is 1. The third-order valence-corrected chi connectivity index (χ3v) is 6.68. The molecule has 1 atom stereocenters. The zero-order chi connectivity index (χ0) is 24.9. The first-order valence-corrected chi connectivity index (χ1v) is 12.3. The van der Waals surface area contributed by atoms with Crippen LogP contribution in [0.4, 0.5) is 10.5 Å². The van der Waals surface area contributed by atoms with E-state index in [1.807, 2.05) is 55.5 Å². The van der Waals surface area contributed by atoms with Crippen molar-refractivity contribution in [3.63, 3.8) is 0 Å². The van der Waals surface area contributed by atoms with E-state index >= 15 is 0 Å². The van der Waals surface area contributed by atoms with Gasteiger partial charge in [-0.3, -0.25) is 9.36 Å². The van der Waals surface area contributed by atoms with Gasteiger partial charge in [0.2, 0.25) is 0 Å². The molecular formula is C27H26Cl2N4O2. The van der Waals surface area contributed by atoms with Crippen LogP contribution in [0.25, 0.3) is 16.6 Å². The van der Waals surface area contributed by atoms with Gasteiger partial charge >= 0.3 is 6.03 Å². The summed E-state index contributed by atoms with van der Waals surface area (Å²) in [6.45, 7) is 4.41. The highest BCUT2D eigenvalue weighted by Crippen LogP contribution is 2.31. The van der Waals surface area contributed by atoms with E-state index in [1.54, 1.807) is 33.7 Å². The Labute approximate surface area is 214 Å². The van der Waals surface area contributed by atoms with Crippen molar-refractivity contribution in [1.29, 1.82) is 0 Å². The van der Waals surface area contributed by atoms with Gasteiger partial charge in [-0.1, -0.05) is 72.9 Å². The second kappa shape index (κ2) is 10.9. The molecule has 3 aromatic carbocycles. The minimum atomic E-state index is -0.517. The van der Waals surface area contributed by atoms with E-state index in [9.17, 15) is 9.59 Å². The maximum Gasteiger partial charge on any atom is 0.322 e. The van der Waals surface area contributed by atoms with Crippen molar-refractivity contribution in [3.8, 4) is 5.69 Å². The van der Waals surface area contributed by atoms with Crippen LogP contribution < -0.4 is 10.9 Å². The van der Waals surface area contributed by atoms with E-state index in [0.717, 1.165) is 12.8 Å². The molecule has 1 N–H and O–H groups in total. The number of rotatable bonds is 7. The van der Waals surface area contributed by atoms with Gasteiger partial charge in [0.05, 0.1) is 38.4 Å². The molecule has 1 unspecified atom stereocenters. The van der Waals surface area contributed by atoms with E-state index in [-0.39, 0.29) is 16.6 Å². The smallest absolute Gasteiger partial charge is 0.315 e. The molecule has 0 spiro atoms. The highest BCUT2D eigenvalue weighted by molar-refractivity contribution is 6.43. The molecule has 4 rings (SSSR count). The quantitative estimate of drug-likeness (QED) is 0.289. The van der Waals surface area contributed by atoms with Gasteiger partial charge in [0.15, 0.2) is 0 Å². The highest BCUT2D eigenvalue weighted by atomic mass is 35.5. The molecule has 8 heteroatoms. The van der Waals surface area contributed by atoms with Gasteiger partial charge in [-0.25, -0.2) is 9.78 Å². The van der Waals surface area contributed by atoms with E-state index in [0.29, 0.717) is 39.7 Å². The van der Waals surface area contributed by atoms with Crippen molar-refractivity contribution in [1.82, 2.24) is 14.5 Å². The molecule has 0 saturated carbocycles. The van der Waals surface area contributed by atoms with Gasteiger partial charge in [-0.2, -0.15) is 0 Å². The zero-order valence-corrected chi connectivity index (χ0v) is 21.1. The Hall–Kier alpha value is -3.35. The molecule has 0 aliphatic heterocycles. The lowest BCUT2D eigenvalue weighted by molar-refractivity contribution is 0.188. The van der Waals surface area contributed by atoms with E-state index in [4.69, 9.17) is 28.2 Å². The Kier molecular flexibility index (Phi) is 7.73. The molecule has 0 fully saturated rings. The van der Waals surface area contributed by atoms with Gasteiger partial charge in [0.25, 0.3) is 5.56 Å². The number of carbonyl (C=O) groups is 1. The van der Waals surface area contributed by atoms with Crippen LogP contribution in [0.3, 0.4) is 0 Å². The summed E-state index contributed by atoms with van der Waals surface area (Å²) in [5, 5.41) is 4.02. The number of para-hydroxylation sites is 2. The largest absolute Gasteiger partial charge is 0.322 e. The van der Waals surface area contributed by atoms with Crippen LogP contribution in [-0.4, -0.2) is 27.0 Å². The van der Waals surface area contributed by atoms with Crippen LogP contribution in [0, 0.1) is 0 Å². The van der Waals surface area contributed by atoms with Gasteiger partial charge < -0.3 is 10.2 Å². The number of benzene rings is 3. The van der Waals surface area contributed by atoms with Crippen molar-refractivity contribution in [2.75, 3.05) is 11.9 Å². The summed E-state index contributed by atoms with van der Waals surface area (Å²) in [7, 11) is 0. The lowest BCUT2D eigenvalue weighted by Crippen LogP contribution is -2.40. The predicted molar refractivity (Wildman–Crippen MR) is 143 cm³/mol. The van der Waals surface area contributed by atoms with Crippen molar-refractivity contribution in [2.24, 2.45) is 0 Å². The molecule has 0 aliphatic rings. The number of hydrogen-bond donors (Lipinski definition) is 1. The minimum Gasteiger partial charge on any atom is -0.315 e. The molecule has 4 aromatic rings. The first-order chi connectivity index (χ1) is 16.9. The summed E-state index contributed by atoms with van der Waals surface area (Å²) in [5.41, 5.74) is 1.51. The number of nitrogens with zero attached hydrogens (tertiary/aromatic N) is 3. The van der Waals surface area contributed by atoms with Crippen molar-refractivity contribution in [3.05, 3.63) is 99.0 Å². The van der Waals surface area contributed by atoms with Crippen LogP contribution in [0.2, 0.25) is 10.0 Å². The Morgan fingerprint density at radius 3 is 2.49 bits per heavy atom. The number of hydrogen-bond acceptors (Lipinski definition) is 3. The summed E-state index contributed by atoms with van der Waals surface area (Å²) in [6, 6.07) is 20.8. The Balaban J connectivity index is 1.82. The average molecular weight is 509 g/mol. The number of amides is 2. The number of unbranched alkanes of at least 4 members (excludes halogenated alkanes) is 1. The SMILES string of the molecule is CCCCN(C(=O)Nc1cccc(Cl)c1Cl)C(C)c1nc2ccccc2c(=O)n1-c1ccccc1. The minimum absolute atomic E-state index is 0.183. The summed E-state index contributed by atoms with van der Waals surface area (Å²) in [6.07, 6.45) is 1.68. The molecule has 2 amide bonds. The third kappa shape index (κ3) is 5.19. The monoisotopic (exact) mass is 508 g/mol. The topological polar surface area (TPSA) is 67.2 Å². The van der Waals surface area contributed by atoms with Crippen LogP contribution >= 0.6 is 23.2 Å². The van der Waals surface area contributed by atoms with Gasteiger partial charge in [0.1, 0.15) is 5.82 Å². The standard InChI is InChI=1S/C27H26Cl2N4O2/c1-3-4-17-32(27(35)31-23-16-10-14-21(28)24(23)29)18(2)25-30-22-15-9-8-13-20(22)26(34)33(25)19-11-6-5-7-12-19/h5-16,18H,3-4,17H2,1-2H3,(H,31,35). The average Bonchev–Trinajstić information content (AvgIpc) is 2.87. The maximum absolute atomic E-state index is 13.6. The van der Waals surface area contributed by atoms with Crippen molar-refractivity contribution in [2.45, 2.75) is 32.7 Å². The van der Waals surface area contributed by atoms with E-state index in [2.05, 4.69) is 12.2 Å². The van der Waals surface area contributed by atoms with Crippen LogP contribution in [0.1, 0.15) is 38.6 Å². The molecule has 0 saturated heterocycles. The molecule has 1 aromatic heterocycles. The van der Waals surface area contributed by atoms with Gasteiger partial charge in [-0.15, -0.1) is 0 Å². The van der Waals surface area contributed by atoms with Gasteiger partial charge in [-0.05, 0) is 49.7 Å². The van der Waals surface area contributed by atoms with Gasteiger partial charge in [0, 0.05) is 6.54 Å². The number of aromatic nitrogens is 2. The molecule has 1 heterocycles. The predicted octanol–water partition coefficient (Wildman–Crippen LogP) is 7.09. The Morgan fingerprint density at radius 1 is 1.03 bits per heavy atom. The summed E-state index contributed by atoms with van der Waals surface area (Å²) >= 11 is 12.4. The number of fused-ring (bicyclic) bond motifs is 1. The molecule has 6 nitrogen and oxygen atoms in total. The second-order valence-corrected chi connectivity index (χ2v) is 9.00. The fraction of sp³-hybridized carbons (Fsp3) is 0.222. The Morgan fingerprint density at radius 2 is 1.74 bits per heavy atom. The normalized spacial score (nSPS) is 11.9. The van der Waals surface area contributed by atoms with Crippen LogP contribution in [0.5, 0.6) is 0 Å².